The number of unbranched alkanes of at least 4 members (excludes halogenated alkanes) is 2. The molecular formula is C39H58N4O5. The minimum absolute atomic E-state index is 0.00654. The third-order valence-corrected chi connectivity index (χ3v) is 13.5. The molecule has 0 spiro atoms. The van der Waals surface area contributed by atoms with Crippen molar-refractivity contribution >= 4 is 28.4 Å². The van der Waals surface area contributed by atoms with Crippen LogP contribution in [0.1, 0.15) is 131 Å². The highest BCUT2D eigenvalue weighted by Crippen LogP contribution is 2.67. The Morgan fingerprint density at radius 3 is 2.62 bits per heavy atom. The number of carbonyl (C=O) groups excluding carboxylic acids is 1. The number of ether oxygens (including phenoxy) is 1. The molecule has 1 heterocycles. The number of rotatable bonds is 14. The first-order valence-corrected chi connectivity index (χ1v) is 19.0. The summed E-state index contributed by atoms with van der Waals surface area (Å²) in [5, 5.41) is 22.0. The molecule has 9 heteroatoms. The van der Waals surface area contributed by atoms with E-state index in [0.29, 0.717) is 29.6 Å². The second-order valence-corrected chi connectivity index (χ2v) is 16.7. The number of nitrogens with zero attached hydrogens (tertiary/aromatic N) is 3. The number of fused-ring (bicyclic) bond motifs is 6. The van der Waals surface area contributed by atoms with Crippen molar-refractivity contribution in [2.24, 2.45) is 46.3 Å². The van der Waals surface area contributed by atoms with Crippen LogP contribution in [0.25, 0.3) is 11.0 Å². The normalized spacial score (nSPS) is 31.9. The molecule has 1 aromatic heterocycles. The Balaban J connectivity index is 0.945. The maximum atomic E-state index is 12.8. The second-order valence-electron chi connectivity index (χ2n) is 16.7. The van der Waals surface area contributed by atoms with E-state index in [1.54, 1.807) is 11.6 Å². The standard InChI is InChI=1S/C39H58N4O5/c1-25(2)10-9-11-26(3)30-15-16-31-29-14-13-27-24-28(19-21-38(27,4)32(29)20-22-39(30,31)5)47-35(44)12-7-6-8-23-40-33-17-18-34(43(45)46)37-36(33)41-48-42-37/h13,17-18,25-26,28-32,40H,6-12,14-16,19-24H2,1-5H3/t26-,28+,29+,30-,31+,32+,38+,39-/m1/s1. The van der Waals surface area contributed by atoms with E-state index in [1.165, 1.54) is 57.4 Å². The van der Waals surface area contributed by atoms with Gasteiger partial charge in [0.25, 0.3) is 0 Å². The Hall–Kier alpha value is -2.97. The average molecular weight is 663 g/mol. The molecule has 2 aromatic rings. The molecule has 0 saturated heterocycles. The number of esters is 1. The summed E-state index contributed by atoms with van der Waals surface area (Å²) in [5.41, 5.74) is 3.36. The second kappa shape index (κ2) is 14.5. The zero-order valence-corrected chi connectivity index (χ0v) is 30.0. The quantitative estimate of drug-likeness (QED) is 0.0698. The highest BCUT2D eigenvalue weighted by atomic mass is 16.6. The fourth-order valence-electron chi connectivity index (χ4n) is 10.9. The lowest BCUT2D eigenvalue weighted by Crippen LogP contribution is -2.51. The molecule has 0 unspecified atom stereocenters. The van der Waals surface area contributed by atoms with Gasteiger partial charge in [-0.05, 0) is 121 Å². The van der Waals surface area contributed by atoms with E-state index in [1.807, 2.05) is 0 Å². The highest BCUT2D eigenvalue weighted by Gasteiger charge is 2.59. The SMILES string of the molecule is CC(C)CCC[C@@H](C)[C@H]1CC[C@H]2[C@@H]3CC=C4C[C@@H](OC(=O)CCCCCNc5ccc([N+](=O)[O-])c6nonc56)CC[C@]4(C)[C@H]3CC[C@]12C. The van der Waals surface area contributed by atoms with Gasteiger partial charge in [0.1, 0.15) is 6.10 Å². The van der Waals surface area contributed by atoms with Crippen LogP contribution in [0, 0.1) is 56.5 Å². The van der Waals surface area contributed by atoms with Gasteiger partial charge < -0.3 is 10.1 Å². The molecule has 0 amide bonds. The molecule has 1 aromatic carbocycles. The number of nitro groups is 1. The van der Waals surface area contributed by atoms with E-state index in [0.717, 1.165) is 74.0 Å². The Morgan fingerprint density at radius 2 is 1.83 bits per heavy atom. The van der Waals surface area contributed by atoms with Gasteiger partial charge in [-0.15, -0.1) is 0 Å². The summed E-state index contributed by atoms with van der Waals surface area (Å²) in [5.74, 6) is 4.92. The monoisotopic (exact) mass is 662 g/mol. The number of benzene rings is 1. The Bertz CT molecular complexity index is 1490. The Morgan fingerprint density at radius 1 is 1.02 bits per heavy atom. The highest BCUT2D eigenvalue weighted by molar-refractivity contribution is 5.93. The molecule has 9 nitrogen and oxygen atoms in total. The van der Waals surface area contributed by atoms with Crippen molar-refractivity contribution in [1.82, 2.24) is 10.3 Å². The molecule has 48 heavy (non-hydrogen) atoms. The fourth-order valence-corrected chi connectivity index (χ4v) is 10.9. The lowest BCUT2D eigenvalue weighted by molar-refractivity contribution is -0.383. The summed E-state index contributed by atoms with van der Waals surface area (Å²) in [7, 11) is 0. The molecule has 3 fully saturated rings. The van der Waals surface area contributed by atoms with Crippen LogP contribution < -0.4 is 5.32 Å². The largest absolute Gasteiger partial charge is 0.462 e. The maximum Gasteiger partial charge on any atom is 0.306 e. The lowest BCUT2D eigenvalue weighted by Gasteiger charge is -2.58. The van der Waals surface area contributed by atoms with Gasteiger partial charge in [-0.2, -0.15) is 0 Å². The van der Waals surface area contributed by atoms with Crippen molar-refractivity contribution in [3.05, 3.63) is 33.9 Å². The van der Waals surface area contributed by atoms with Crippen LogP contribution in [0.2, 0.25) is 0 Å². The molecule has 264 valence electrons. The lowest BCUT2D eigenvalue weighted by atomic mass is 9.47. The molecule has 0 radical (unpaired) electrons. The molecule has 0 bridgehead atoms. The van der Waals surface area contributed by atoms with Crippen molar-refractivity contribution in [3.8, 4) is 0 Å². The van der Waals surface area contributed by atoms with Gasteiger partial charge in [-0.1, -0.05) is 72.0 Å². The number of hydrogen-bond donors (Lipinski definition) is 1. The van der Waals surface area contributed by atoms with E-state index >= 15 is 0 Å². The first-order valence-electron chi connectivity index (χ1n) is 19.0. The molecule has 1 N–H and O–H groups in total. The van der Waals surface area contributed by atoms with Gasteiger partial charge in [-0.3, -0.25) is 14.9 Å². The summed E-state index contributed by atoms with van der Waals surface area (Å²) < 4.78 is 10.8. The number of aromatic nitrogens is 2. The molecule has 8 atom stereocenters. The van der Waals surface area contributed by atoms with Crippen molar-refractivity contribution in [3.63, 3.8) is 0 Å². The van der Waals surface area contributed by atoms with E-state index < -0.39 is 4.92 Å². The smallest absolute Gasteiger partial charge is 0.306 e. The van der Waals surface area contributed by atoms with Crippen molar-refractivity contribution < 1.29 is 19.1 Å². The van der Waals surface area contributed by atoms with Crippen molar-refractivity contribution in [2.45, 2.75) is 137 Å². The number of allylic oxidation sites excluding steroid dienone is 1. The number of carbonyl (C=O) groups is 1. The van der Waals surface area contributed by atoms with Gasteiger partial charge in [0.15, 0.2) is 5.52 Å². The fraction of sp³-hybridized carbons (Fsp3) is 0.769. The molecule has 0 aliphatic heterocycles. The van der Waals surface area contributed by atoms with E-state index in [9.17, 15) is 14.9 Å². The summed E-state index contributed by atoms with van der Waals surface area (Å²) in [6.45, 7) is 13.1. The first-order chi connectivity index (χ1) is 23.0. The van der Waals surface area contributed by atoms with Crippen molar-refractivity contribution in [2.75, 3.05) is 11.9 Å². The van der Waals surface area contributed by atoms with E-state index in [2.05, 4.69) is 56.3 Å². The molecular weight excluding hydrogens is 604 g/mol. The van der Waals surface area contributed by atoms with Crippen LogP contribution in [0.3, 0.4) is 0 Å². The minimum atomic E-state index is -0.491. The van der Waals surface area contributed by atoms with Crippen LogP contribution in [0.4, 0.5) is 11.4 Å². The number of hydrogen-bond acceptors (Lipinski definition) is 8. The molecule has 4 aliphatic rings. The number of anilines is 1. The van der Waals surface area contributed by atoms with Crippen LogP contribution >= 0.6 is 0 Å². The number of nitrogens with one attached hydrogen (secondary N) is 1. The number of non-ortho nitro benzene ring substituents is 1. The van der Waals surface area contributed by atoms with Crippen LogP contribution in [-0.2, 0) is 9.53 Å². The maximum absolute atomic E-state index is 12.8. The predicted molar refractivity (Wildman–Crippen MR) is 188 cm³/mol. The first kappa shape index (κ1) is 34.9. The van der Waals surface area contributed by atoms with E-state index in [-0.39, 0.29) is 28.7 Å². The zero-order chi connectivity index (χ0) is 34.1. The summed E-state index contributed by atoms with van der Waals surface area (Å²) in [6, 6.07) is 3.04. The third kappa shape index (κ3) is 6.89. The van der Waals surface area contributed by atoms with Crippen LogP contribution in [0.5, 0.6) is 0 Å². The summed E-state index contributed by atoms with van der Waals surface area (Å²) in [6.07, 6.45) is 19.5. The predicted octanol–water partition coefficient (Wildman–Crippen LogP) is 10.1. The summed E-state index contributed by atoms with van der Waals surface area (Å²) in [4.78, 5) is 23.6. The Kier molecular flexibility index (Phi) is 10.5. The number of nitro benzene ring substituents is 1. The van der Waals surface area contributed by atoms with Gasteiger partial charge in [0, 0.05) is 25.5 Å². The van der Waals surface area contributed by atoms with Gasteiger partial charge >= 0.3 is 11.7 Å². The van der Waals surface area contributed by atoms with Crippen LogP contribution in [0.15, 0.2) is 28.4 Å². The van der Waals surface area contributed by atoms with E-state index in [4.69, 9.17) is 9.37 Å². The third-order valence-electron chi connectivity index (χ3n) is 13.5. The topological polar surface area (TPSA) is 120 Å². The Labute approximate surface area is 286 Å². The summed E-state index contributed by atoms with van der Waals surface area (Å²) >= 11 is 0. The molecule has 4 aliphatic carbocycles. The van der Waals surface area contributed by atoms with Gasteiger partial charge in [-0.25, -0.2) is 4.63 Å². The van der Waals surface area contributed by atoms with Gasteiger partial charge in [0.05, 0.1) is 10.6 Å². The molecule has 3 saturated carbocycles. The van der Waals surface area contributed by atoms with Crippen molar-refractivity contribution in [1.29, 1.82) is 0 Å². The zero-order valence-electron chi connectivity index (χ0n) is 30.0. The average Bonchev–Trinajstić information content (AvgIpc) is 3.67. The minimum Gasteiger partial charge on any atom is -0.462 e. The molecule has 6 rings (SSSR count). The van der Waals surface area contributed by atoms with Crippen LogP contribution in [-0.4, -0.2) is 33.9 Å². The van der Waals surface area contributed by atoms with Gasteiger partial charge in [0.2, 0.25) is 5.52 Å².